The van der Waals surface area contributed by atoms with Gasteiger partial charge in [0.2, 0.25) is 26.0 Å². The largest absolute Gasteiger partial charge is 0.325 e. The van der Waals surface area contributed by atoms with Gasteiger partial charge in [-0.2, -0.15) is 0 Å². The molecule has 0 fully saturated rings. The van der Waals surface area contributed by atoms with Gasteiger partial charge < -0.3 is 5.32 Å². The van der Waals surface area contributed by atoms with Crippen molar-refractivity contribution in [2.24, 2.45) is 5.14 Å². The first kappa shape index (κ1) is 20.9. The van der Waals surface area contributed by atoms with Gasteiger partial charge >= 0.3 is 0 Å². The number of rotatable bonds is 7. The third-order valence-electron chi connectivity index (χ3n) is 3.65. The maximum absolute atomic E-state index is 12.4. The van der Waals surface area contributed by atoms with Crippen LogP contribution in [0.25, 0.3) is 0 Å². The fourth-order valence-electron chi connectivity index (χ4n) is 2.53. The van der Waals surface area contributed by atoms with Crippen LogP contribution in [0.1, 0.15) is 11.1 Å². The normalized spacial score (nSPS) is 11.8. The van der Waals surface area contributed by atoms with Crippen LogP contribution >= 0.6 is 0 Å². The highest BCUT2D eigenvalue weighted by molar-refractivity contribution is 7.92. The van der Waals surface area contributed by atoms with Gasteiger partial charge in [0.15, 0.2) is 0 Å². The standard InChI is InChI=1S/C17H21N3O5S2/c1-13-6-3-4-9-16(13)20(26(2,22)23)11-17(21)19-15-8-5-7-14(10-15)12-27(18,24)25/h3-10H,11-12H2,1-2H3,(H,19,21)(H2,18,24,25). The van der Waals surface area contributed by atoms with Crippen LogP contribution in [-0.2, 0) is 30.6 Å². The fourth-order valence-corrected chi connectivity index (χ4v) is 4.08. The van der Waals surface area contributed by atoms with E-state index in [0.29, 0.717) is 22.5 Å². The second-order valence-electron chi connectivity index (χ2n) is 6.11. The molecule has 0 radical (unpaired) electrons. The Morgan fingerprint density at radius 1 is 1.07 bits per heavy atom. The van der Waals surface area contributed by atoms with Gasteiger partial charge in [-0.05, 0) is 36.2 Å². The smallest absolute Gasteiger partial charge is 0.245 e. The maximum Gasteiger partial charge on any atom is 0.245 e. The molecule has 0 aromatic heterocycles. The number of primary sulfonamides is 1. The maximum atomic E-state index is 12.4. The van der Waals surface area contributed by atoms with Crippen molar-refractivity contribution in [3.63, 3.8) is 0 Å². The van der Waals surface area contributed by atoms with E-state index in [1.807, 2.05) is 0 Å². The number of anilines is 2. The zero-order chi connectivity index (χ0) is 20.2. The fraction of sp³-hybridized carbons (Fsp3) is 0.235. The Morgan fingerprint density at radius 2 is 1.74 bits per heavy atom. The van der Waals surface area contributed by atoms with Crippen LogP contribution in [0.5, 0.6) is 0 Å². The number of carbonyl (C=O) groups is 1. The number of carbonyl (C=O) groups excluding carboxylic acids is 1. The first-order chi connectivity index (χ1) is 12.5. The third kappa shape index (κ3) is 6.35. The summed E-state index contributed by atoms with van der Waals surface area (Å²) in [5.74, 6) is -0.925. The topological polar surface area (TPSA) is 127 Å². The molecule has 0 unspecified atom stereocenters. The van der Waals surface area contributed by atoms with Crippen molar-refractivity contribution < 1.29 is 21.6 Å². The summed E-state index contributed by atoms with van der Waals surface area (Å²) in [7, 11) is -7.39. The van der Waals surface area contributed by atoms with Gasteiger partial charge in [-0.15, -0.1) is 0 Å². The zero-order valence-electron chi connectivity index (χ0n) is 14.9. The van der Waals surface area contributed by atoms with Crippen molar-refractivity contribution in [3.05, 3.63) is 59.7 Å². The molecular weight excluding hydrogens is 390 g/mol. The van der Waals surface area contributed by atoms with Crippen molar-refractivity contribution in [3.8, 4) is 0 Å². The van der Waals surface area contributed by atoms with Crippen molar-refractivity contribution in [1.29, 1.82) is 0 Å². The molecule has 146 valence electrons. The summed E-state index contributed by atoms with van der Waals surface area (Å²) < 4.78 is 47.7. The van der Waals surface area contributed by atoms with Gasteiger partial charge in [0.25, 0.3) is 0 Å². The van der Waals surface area contributed by atoms with E-state index in [1.165, 1.54) is 6.07 Å². The van der Waals surface area contributed by atoms with E-state index in [0.717, 1.165) is 10.6 Å². The zero-order valence-corrected chi connectivity index (χ0v) is 16.5. The Bertz CT molecular complexity index is 1050. The van der Waals surface area contributed by atoms with E-state index in [-0.39, 0.29) is 5.75 Å². The SMILES string of the molecule is Cc1ccccc1N(CC(=O)Nc1cccc(CS(N)(=O)=O)c1)S(C)(=O)=O. The molecule has 2 aromatic carbocycles. The minimum absolute atomic E-state index is 0.347. The van der Waals surface area contributed by atoms with Gasteiger partial charge in [0.05, 0.1) is 17.7 Å². The molecule has 27 heavy (non-hydrogen) atoms. The van der Waals surface area contributed by atoms with Crippen molar-refractivity contribution in [1.82, 2.24) is 0 Å². The molecule has 0 aliphatic carbocycles. The van der Waals surface area contributed by atoms with E-state index in [4.69, 9.17) is 5.14 Å². The second-order valence-corrected chi connectivity index (χ2v) is 9.63. The molecule has 0 spiro atoms. The quantitative estimate of drug-likeness (QED) is 0.707. The molecule has 2 rings (SSSR count). The Morgan fingerprint density at radius 3 is 2.33 bits per heavy atom. The van der Waals surface area contributed by atoms with Gasteiger partial charge in [0.1, 0.15) is 6.54 Å². The number of aryl methyl sites for hydroxylation is 1. The van der Waals surface area contributed by atoms with Crippen LogP contribution in [-0.4, -0.2) is 35.5 Å². The minimum atomic E-state index is -3.70. The highest BCUT2D eigenvalue weighted by Gasteiger charge is 2.22. The van der Waals surface area contributed by atoms with Gasteiger partial charge in [-0.1, -0.05) is 30.3 Å². The van der Waals surface area contributed by atoms with E-state index in [9.17, 15) is 21.6 Å². The number of amides is 1. The highest BCUT2D eigenvalue weighted by atomic mass is 32.2. The number of sulfonamides is 2. The lowest BCUT2D eigenvalue weighted by Crippen LogP contribution is -2.37. The monoisotopic (exact) mass is 411 g/mol. The highest BCUT2D eigenvalue weighted by Crippen LogP contribution is 2.22. The summed E-state index contributed by atoms with van der Waals surface area (Å²) in [6, 6.07) is 13.0. The van der Waals surface area contributed by atoms with Crippen molar-refractivity contribution in [2.45, 2.75) is 12.7 Å². The summed E-state index contributed by atoms with van der Waals surface area (Å²) in [5.41, 5.74) is 1.89. The predicted octanol–water partition coefficient (Wildman–Crippen LogP) is 1.19. The lowest BCUT2D eigenvalue weighted by atomic mass is 10.2. The van der Waals surface area contributed by atoms with Crippen molar-refractivity contribution >= 4 is 37.3 Å². The molecule has 0 heterocycles. The molecule has 0 saturated heterocycles. The van der Waals surface area contributed by atoms with Crippen LogP contribution in [0.4, 0.5) is 11.4 Å². The molecule has 1 amide bonds. The lowest BCUT2D eigenvalue weighted by molar-refractivity contribution is -0.114. The van der Waals surface area contributed by atoms with Gasteiger partial charge in [0, 0.05) is 5.69 Å². The lowest BCUT2D eigenvalue weighted by Gasteiger charge is -2.23. The first-order valence-corrected chi connectivity index (χ1v) is 11.4. The number of nitrogens with one attached hydrogen (secondary N) is 1. The molecule has 8 nitrogen and oxygen atoms in total. The summed E-state index contributed by atoms with van der Waals surface area (Å²) in [6.45, 7) is 1.34. The van der Waals surface area contributed by atoms with Gasteiger partial charge in [-0.25, -0.2) is 22.0 Å². The minimum Gasteiger partial charge on any atom is -0.325 e. The number of para-hydroxylation sites is 1. The van der Waals surface area contributed by atoms with E-state index in [1.54, 1.807) is 49.4 Å². The van der Waals surface area contributed by atoms with E-state index >= 15 is 0 Å². The van der Waals surface area contributed by atoms with Crippen LogP contribution < -0.4 is 14.8 Å². The van der Waals surface area contributed by atoms with Crippen LogP contribution in [0.2, 0.25) is 0 Å². The molecule has 0 bridgehead atoms. The summed E-state index contributed by atoms with van der Waals surface area (Å²) in [4.78, 5) is 12.4. The van der Waals surface area contributed by atoms with Crippen molar-refractivity contribution in [2.75, 3.05) is 22.4 Å². The third-order valence-corrected chi connectivity index (χ3v) is 5.51. The molecule has 3 N–H and O–H groups in total. The van der Waals surface area contributed by atoms with Gasteiger partial charge in [-0.3, -0.25) is 9.10 Å². The first-order valence-electron chi connectivity index (χ1n) is 7.88. The average Bonchev–Trinajstić information content (AvgIpc) is 2.51. The molecule has 0 aliphatic rings. The van der Waals surface area contributed by atoms with Crippen LogP contribution in [0.3, 0.4) is 0 Å². The Hall–Kier alpha value is -2.43. The van der Waals surface area contributed by atoms with E-state index in [2.05, 4.69) is 5.32 Å². The molecule has 0 aliphatic heterocycles. The summed E-state index contributed by atoms with van der Waals surface area (Å²) in [5, 5.41) is 7.60. The Balaban J connectivity index is 2.20. The second kappa shape index (κ2) is 8.07. The average molecular weight is 412 g/mol. The number of hydrogen-bond acceptors (Lipinski definition) is 5. The van der Waals surface area contributed by atoms with Crippen LogP contribution in [0.15, 0.2) is 48.5 Å². The summed E-state index contributed by atoms with van der Waals surface area (Å²) in [6.07, 6.45) is 1.03. The van der Waals surface area contributed by atoms with E-state index < -0.39 is 32.5 Å². The molecular formula is C17H21N3O5S2. The van der Waals surface area contributed by atoms with Crippen LogP contribution in [0, 0.1) is 6.92 Å². The number of benzene rings is 2. The predicted molar refractivity (Wildman–Crippen MR) is 105 cm³/mol. The molecule has 10 heteroatoms. The molecule has 0 atom stereocenters. The number of nitrogens with zero attached hydrogens (tertiary/aromatic N) is 1. The Labute approximate surface area is 159 Å². The number of hydrogen-bond donors (Lipinski definition) is 2. The molecule has 0 saturated carbocycles. The number of nitrogens with two attached hydrogens (primary N) is 1. The summed E-state index contributed by atoms with van der Waals surface area (Å²) >= 11 is 0. The Kier molecular flexibility index (Phi) is 6.24. The molecule has 2 aromatic rings.